The number of carbonyl (C=O) groups excluding carboxylic acids is 1. The van der Waals surface area contributed by atoms with Crippen molar-refractivity contribution in [2.24, 2.45) is 17.6 Å². The number of nitrogens with two attached hydrogens (primary N) is 1. The summed E-state index contributed by atoms with van der Waals surface area (Å²) in [4.78, 5) is 17.1. The first-order valence-corrected chi connectivity index (χ1v) is 7.26. The number of hydrogen-bond acceptors (Lipinski definition) is 4. The fourth-order valence-corrected chi connectivity index (χ4v) is 2.66. The molecule has 3 N–H and O–H groups in total. The second kappa shape index (κ2) is 7.48. The van der Waals surface area contributed by atoms with Gasteiger partial charge in [0.05, 0.1) is 17.7 Å². The Kier molecular flexibility index (Phi) is 6.29. The molecule has 1 rings (SSSR count). The highest BCUT2D eigenvalue weighted by atomic mass is 32.1. The maximum absolute atomic E-state index is 11.8. The molecule has 1 amide bonds. The molecule has 5 heteroatoms. The molecule has 1 atom stereocenters. The first kappa shape index (κ1) is 15.1. The summed E-state index contributed by atoms with van der Waals surface area (Å²) >= 11 is 1.58. The van der Waals surface area contributed by atoms with E-state index < -0.39 is 0 Å². The number of nitrogens with one attached hydrogen (secondary N) is 1. The van der Waals surface area contributed by atoms with Crippen molar-refractivity contribution in [3.63, 3.8) is 0 Å². The Morgan fingerprint density at radius 3 is 2.78 bits per heavy atom. The number of thiazole rings is 1. The lowest BCUT2D eigenvalue weighted by atomic mass is 9.94. The summed E-state index contributed by atoms with van der Waals surface area (Å²) in [5, 5.41) is 2.94. The van der Waals surface area contributed by atoms with Gasteiger partial charge in [0, 0.05) is 11.3 Å². The van der Waals surface area contributed by atoms with Gasteiger partial charge in [0.15, 0.2) is 0 Å². The highest BCUT2D eigenvalue weighted by Crippen LogP contribution is 2.15. The molecular formula is C13H23N3OS. The number of carbonyl (C=O) groups is 1. The van der Waals surface area contributed by atoms with E-state index in [4.69, 9.17) is 5.73 Å². The van der Waals surface area contributed by atoms with E-state index in [1.165, 1.54) is 0 Å². The smallest absolute Gasteiger partial charge is 0.220 e. The molecular weight excluding hydrogens is 246 g/mol. The number of aryl methyl sites for hydroxylation is 1. The summed E-state index contributed by atoms with van der Waals surface area (Å²) in [6, 6.07) is 0. The Morgan fingerprint density at radius 1 is 1.56 bits per heavy atom. The average Bonchev–Trinajstić information content (AvgIpc) is 2.70. The van der Waals surface area contributed by atoms with Gasteiger partial charge in [0.2, 0.25) is 5.91 Å². The van der Waals surface area contributed by atoms with Crippen LogP contribution in [0.3, 0.4) is 0 Å². The summed E-state index contributed by atoms with van der Waals surface area (Å²) in [7, 11) is 0. The van der Waals surface area contributed by atoms with E-state index in [1.807, 2.05) is 6.92 Å². The molecule has 1 unspecified atom stereocenters. The van der Waals surface area contributed by atoms with E-state index >= 15 is 0 Å². The molecule has 0 saturated carbocycles. The zero-order valence-electron chi connectivity index (χ0n) is 11.4. The fraction of sp³-hybridized carbons (Fsp3) is 0.692. The van der Waals surface area contributed by atoms with Crippen LogP contribution in [0.15, 0.2) is 5.51 Å². The van der Waals surface area contributed by atoms with Crippen LogP contribution in [0.2, 0.25) is 0 Å². The zero-order valence-corrected chi connectivity index (χ0v) is 12.2. The molecule has 0 fully saturated rings. The molecule has 1 heterocycles. The summed E-state index contributed by atoms with van der Waals surface area (Å²) in [5.41, 5.74) is 8.50. The maximum atomic E-state index is 11.8. The van der Waals surface area contributed by atoms with Crippen molar-refractivity contribution in [3.8, 4) is 0 Å². The monoisotopic (exact) mass is 269 g/mol. The standard InChI is InChI=1S/C13H23N3OS/c1-9(2)4-11(6-14)5-13(17)15-7-12-10(3)16-8-18-12/h8-9,11H,4-7,14H2,1-3H3,(H,15,17). The Hall–Kier alpha value is -0.940. The predicted molar refractivity (Wildman–Crippen MR) is 75.3 cm³/mol. The summed E-state index contributed by atoms with van der Waals surface area (Å²) in [6.45, 7) is 7.42. The molecule has 1 aromatic rings. The van der Waals surface area contributed by atoms with Gasteiger partial charge in [-0.05, 0) is 31.7 Å². The lowest BCUT2D eigenvalue weighted by molar-refractivity contribution is -0.122. The molecule has 18 heavy (non-hydrogen) atoms. The second-order valence-electron chi connectivity index (χ2n) is 5.07. The minimum absolute atomic E-state index is 0.0823. The van der Waals surface area contributed by atoms with Gasteiger partial charge in [-0.3, -0.25) is 4.79 Å². The van der Waals surface area contributed by atoms with Crippen molar-refractivity contribution in [2.75, 3.05) is 6.54 Å². The molecule has 0 aliphatic carbocycles. The van der Waals surface area contributed by atoms with Crippen molar-refractivity contribution in [3.05, 3.63) is 16.1 Å². The third-order valence-electron chi connectivity index (χ3n) is 2.90. The van der Waals surface area contributed by atoms with Gasteiger partial charge in [-0.2, -0.15) is 0 Å². The highest BCUT2D eigenvalue weighted by Gasteiger charge is 2.14. The Balaban J connectivity index is 2.34. The summed E-state index contributed by atoms with van der Waals surface area (Å²) in [5.74, 6) is 0.946. The molecule has 1 aromatic heterocycles. The van der Waals surface area contributed by atoms with Crippen LogP contribution in [-0.4, -0.2) is 17.4 Å². The molecule has 0 spiro atoms. The number of aromatic nitrogens is 1. The number of hydrogen-bond donors (Lipinski definition) is 2. The fourth-order valence-electron chi connectivity index (χ4n) is 1.94. The van der Waals surface area contributed by atoms with Gasteiger partial charge in [0.25, 0.3) is 0 Å². The van der Waals surface area contributed by atoms with Gasteiger partial charge in [-0.25, -0.2) is 4.98 Å². The number of amides is 1. The average molecular weight is 269 g/mol. The van der Waals surface area contributed by atoms with Crippen molar-refractivity contribution < 1.29 is 4.79 Å². The van der Waals surface area contributed by atoms with Crippen molar-refractivity contribution in [1.82, 2.24) is 10.3 Å². The third kappa shape index (κ3) is 5.14. The van der Waals surface area contributed by atoms with Gasteiger partial charge in [0.1, 0.15) is 0 Å². The Morgan fingerprint density at radius 2 is 2.28 bits per heavy atom. The van der Waals surface area contributed by atoms with Crippen molar-refractivity contribution >= 4 is 17.2 Å². The summed E-state index contributed by atoms with van der Waals surface area (Å²) in [6.07, 6.45) is 1.52. The van der Waals surface area contributed by atoms with E-state index in [-0.39, 0.29) is 11.8 Å². The normalized spacial score (nSPS) is 12.7. The number of rotatable bonds is 7. The molecule has 0 aliphatic heterocycles. The van der Waals surface area contributed by atoms with E-state index in [0.29, 0.717) is 25.4 Å². The van der Waals surface area contributed by atoms with Crippen LogP contribution < -0.4 is 11.1 Å². The minimum atomic E-state index is 0.0823. The van der Waals surface area contributed by atoms with Gasteiger partial charge >= 0.3 is 0 Å². The predicted octanol–water partition coefficient (Wildman–Crippen LogP) is 2.08. The Bertz CT molecular complexity index is 376. The largest absolute Gasteiger partial charge is 0.351 e. The lowest BCUT2D eigenvalue weighted by Crippen LogP contribution is -2.28. The maximum Gasteiger partial charge on any atom is 0.220 e. The molecule has 0 aliphatic rings. The molecule has 0 saturated heterocycles. The van der Waals surface area contributed by atoms with E-state index in [9.17, 15) is 4.79 Å². The number of nitrogens with zero attached hydrogens (tertiary/aromatic N) is 1. The summed E-state index contributed by atoms with van der Waals surface area (Å²) < 4.78 is 0. The van der Waals surface area contributed by atoms with Crippen LogP contribution in [0, 0.1) is 18.8 Å². The van der Waals surface area contributed by atoms with E-state index in [0.717, 1.165) is 17.0 Å². The van der Waals surface area contributed by atoms with Gasteiger partial charge in [-0.1, -0.05) is 13.8 Å². The molecule has 0 radical (unpaired) electrons. The topological polar surface area (TPSA) is 68.0 Å². The van der Waals surface area contributed by atoms with Crippen LogP contribution in [0.25, 0.3) is 0 Å². The molecule has 102 valence electrons. The van der Waals surface area contributed by atoms with Crippen LogP contribution >= 0.6 is 11.3 Å². The zero-order chi connectivity index (χ0) is 13.5. The first-order valence-electron chi connectivity index (χ1n) is 6.38. The van der Waals surface area contributed by atoms with Crippen molar-refractivity contribution in [1.29, 1.82) is 0 Å². The molecule has 0 bridgehead atoms. The highest BCUT2D eigenvalue weighted by molar-refractivity contribution is 7.09. The van der Waals surface area contributed by atoms with Gasteiger partial charge < -0.3 is 11.1 Å². The van der Waals surface area contributed by atoms with E-state index in [2.05, 4.69) is 24.1 Å². The molecule has 4 nitrogen and oxygen atoms in total. The van der Waals surface area contributed by atoms with Gasteiger partial charge in [-0.15, -0.1) is 11.3 Å². The second-order valence-corrected chi connectivity index (χ2v) is 6.01. The lowest BCUT2D eigenvalue weighted by Gasteiger charge is -2.16. The Labute approximate surface area is 113 Å². The third-order valence-corrected chi connectivity index (χ3v) is 3.84. The van der Waals surface area contributed by atoms with Crippen LogP contribution in [0.5, 0.6) is 0 Å². The first-order chi connectivity index (χ1) is 8.52. The van der Waals surface area contributed by atoms with E-state index in [1.54, 1.807) is 16.8 Å². The van der Waals surface area contributed by atoms with Crippen LogP contribution in [0.4, 0.5) is 0 Å². The van der Waals surface area contributed by atoms with Crippen LogP contribution in [-0.2, 0) is 11.3 Å². The quantitative estimate of drug-likeness (QED) is 0.796. The van der Waals surface area contributed by atoms with Crippen molar-refractivity contribution in [2.45, 2.75) is 40.2 Å². The molecule has 0 aromatic carbocycles. The van der Waals surface area contributed by atoms with Crippen LogP contribution in [0.1, 0.15) is 37.3 Å². The SMILES string of the molecule is Cc1ncsc1CNC(=O)CC(CN)CC(C)C. The minimum Gasteiger partial charge on any atom is -0.351 e.